The molecule has 262 valence electrons. The summed E-state index contributed by atoms with van der Waals surface area (Å²) in [5.41, 5.74) is 4.78. The van der Waals surface area contributed by atoms with E-state index in [9.17, 15) is 14.7 Å². The summed E-state index contributed by atoms with van der Waals surface area (Å²) in [5.74, 6) is -1.43. The quantitative estimate of drug-likeness (QED) is 0.135. The Kier molecular flexibility index (Phi) is 9.81. The number of thiophene rings is 1. The van der Waals surface area contributed by atoms with Crippen molar-refractivity contribution in [1.82, 2.24) is 15.2 Å². The number of hydrogen-bond donors (Lipinski definition) is 3. The summed E-state index contributed by atoms with van der Waals surface area (Å²) in [6, 6.07) is 25.7. The van der Waals surface area contributed by atoms with Gasteiger partial charge in [0.15, 0.2) is 0 Å². The molecule has 0 saturated heterocycles. The van der Waals surface area contributed by atoms with E-state index in [0.29, 0.717) is 48.0 Å². The number of nitrogens with one attached hydrogen (secondary N) is 2. The van der Waals surface area contributed by atoms with Crippen LogP contribution >= 0.6 is 11.3 Å². The van der Waals surface area contributed by atoms with Crippen LogP contribution in [-0.4, -0.2) is 52.6 Å². The third kappa shape index (κ3) is 7.07. The third-order valence-corrected chi connectivity index (χ3v) is 10.5. The van der Waals surface area contributed by atoms with Crippen molar-refractivity contribution in [2.45, 2.75) is 51.7 Å². The molecule has 3 aromatic carbocycles. The normalized spacial score (nSPS) is 16.5. The summed E-state index contributed by atoms with van der Waals surface area (Å²) in [7, 11) is 1.95. The highest BCUT2D eigenvalue weighted by Crippen LogP contribution is 2.52. The van der Waals surface area contributed by atoms with Crippen LogP contribution in [0.3, 0.4) is 0 Å². The van der Waals surface area contributed by atoms with E-state index in [1.165, 1.54) is 29.5 Å². The summed E-state index contributed by atoms with van der Waals surface area (Å²) >= 11 is 1.44. The number of para-hydroxylation sites is 1. The van der Waals surface area contributed by atoms with Crippen LogP contribution in [0.25, 0.3) is 10.4 Å². The highest BCUT2D eigenvalue weighted by Gasteiger charge is 2.53. The molecule has 2 atom stereocenters. The Morgan fingerprint density at radius 3 is 2.33 bits per heavy atom. The highest BCUT2D eigenvalue weighted by atomic mass is 32.1. The molecule has 1 saturated carbocycles. The van der Waals surface area contributed by atoms with Crippen LogP contribution < -0.4 is 20.4 Å². The predicted octanol–water partition coefficient (Wildman–Crippen LogP) is 7.16. The Bertz CT molecular complexity index is 2040. The second-order valence-corrected chi connectivity index (χ2v) is 13.8. The molecular formula is C39H38F2N6O3S. The minimum absolute atomic E-state index is 0.0366. The molecule has 9 nitrogen and oxygen atoms in total. The number of fused-ring (bicyclic) bond motifs is 2. The van der Waals surface area contributed by atoms with Crippen molar-refractivity contribution in [2.75, 3.05) is 28.7 Å². The second kappa shape index (κ2) is 14.6. The van der Waals surface area contributed by atoms with Gasteiger partial charge in [-0.2, -0.15) is 0 Å². The summed E-state index contributed by atoms with van der Waals surface area (Å²) in [6.07, 6.45) is 0.658. The predicted molar refractivity (Wildman–Crippen MR) is 196 cm³/mol. The van der Waals surface area contributed by atoms with Gasteiger partial charge in [-0.3, -0.25) is 14.7 Å². The number of carbonyl (C=O) groups is 2. The fourth-order valence-electron chi connectivity index (χ4n) is 6.75. The second-order valence-electron chi connectivity index (χ2n) is 12.8. The van der Waals surface area contributed by atoms with Gasteiger partial charge in [0.1, 0.15) is 16.6 Å². The maximum atomic E-state index is 15.2. The lowest BCUT2D eigenvalue weighted by Crippen LogP contribution is -2.35. The fraction of sp³-hybridized carbons (Fsp3) is 0.256. The molecule has 1 fully saturated rings. The lowest BCUT2D eigenvalue weighted by Gasteiger charge is -2.24. The molecule has 0 spiro atoms. The number of rotatable bonds is 11. The van der Waals surface area contributed by atoms with Gasteiger partial charge in [-0.05, 0) is 80.1 Å². The lowest BCUT2D eigenvalue weighted by atomic mass is 10.0. The average Bonchev–Trinajstić information content (AvgIpc) is 3.82. The first-order valence-electron chi connectivity index (χ1n) is 16.9. The number of amides is 3. The Labute approximate surface area is 299 Å². The number of urea groups is 1. The number of aliphatic hydroxyl groups is 1. The first kappa shape index (κ1) is 34.3. The van der Waals surface area contributed by atoms with Crippen molar-refractivity contribution in [1.29, 1.82) is 0 Å². The van der Waals surface area contributed by atoms with Crippen molar-refractivity contribution in [3.8, 4) is 10.4 Å². The topological polar surface area (TPSA) is 101 Å². The van der Waals surface area contributed by atoms with Gasteiger partial charge in [0.25, 0.3) is 5.91 Å². The zero-order valence-corrected chi connectivity index (χ0v) is 29.1. The van der Waals surface area contributed by atoms with Crippen LogP contribution in [-0.2, 0) is 26.2 Å². The summed E-state index contributed by atoms with van der Waals surface area (Å²) in [4.78, 5) is 38.5. The Hall–Kier alpha value is -5.17. The van der Waals surface area contributed by atoms with Gasteiger partial charge in [0.05, 0.1) is 35.6 Å². The highest BCUT2D eigenvalue weighted by molar-refractivity contribution is 7.20. The number of halogens is 2. The Morgan fingerprint density at radius 1 is 0.922 bits per heavy atom. The maximum Gasteiger partial charge on any atom is 0.319 e. The molecule has 1 aliphatic heterocycles. The SMILES string of the molecule is CCNC(=O)Nc1ccc(-c2sc3c(c2CN(C)Cc2cccc(CO)n2)C(=O)N(c2ccccc2)C2CC2N3Cc2c(F)cccc2F)cc1. The molecule has 3 N–H and O–H groups in total. The van der Waals surface area contributed by atoms with Crippen molar-refractivity contribution >= 4 is 39.7 Å². The molecule has 0 bridgehead atoms. The minimum atomic E-state index is -0.631. The van der Waals surface area contributed by atoms with E-state index in [4.69, 9.17) is 0 Å². The number of nitrogens with zero attached hydrogens (tertiary/aromatic N) is 4. The standard InChI is InChI=1S/C39H38F2N6O3S/c1-3-42-39(50)44-25-17-15-24(16-18-25)36-30(21-45(2)20-26-9-7-10-27(23-48)43-26)35-37(49)47(28-11-5-4-6-12-28)34-19-33(34)46(38(35)51-36)22-29-31(40)13-8-14-32(29)41/h4-18,33-34,48H,3,19-23H2,1-2H3,(H2,42,44,50). The molecule has 0 radical (unpaired) electrons. The summed E-state index contributed by atoms with van der Waals surface area (Å²) in [6.45, 7) is 2.93. The molecule has 1 aliphatic carbocycles. The first-order chi connectivity index (χ1) is 24.7. The molecule has 2 unspecified atom stereocenters. The van der Waals surface area contributed by atoms with Crippen LogP contribution in [0.5, 0.6) is 0 Å². The number of anilines is 3. The van der Waals surface area contributed by atoms with Gasteiger partial charge in [-0.25, -0.2) is 13.6 Å². The molecule has 12 heteroatoms. The number of aliphatic hydroxyl groups excluding tert-OH is 1. The molecule has 51 heavy (non-hydrogen) atoms. The molecule has 3 heterocycles. The van der Waals surface area contributed by atoms with E-state index in [1.54, 1.807) is 6.07 Å². The van der Waals surface area contributed by atoms with Crippen LogP contribution in [0, 0.1) is 11.6 Å². The van der Waals surface area contributed by atoms with Gasteiger partial charge in [0.2, 0.25) is 0 Å². The third-order valence-electron chi connectivity index (χ3n) is 9.19. The van der Waals surface area contributed by atoms with Crippen molar-refractivity contribution in [3.05, 3.63) is 131 Å². The smallest absolute Gasteiger partial charge is 0.319 e. The van der Waals surface area contributed by atoms with E-state index >= 15 is 8.78 Å². The zero-order chi connectivity index (χ0) is 35.6. The summed E-state index contributed by atoms with van der Waals surface area (Å²) < 4.78 is 30.4. The molecule has 2 aromatic heterocycles. The van der Waals surface area contributed by atoms with E-state index < -0.39 is 11.6 Å². The average molecular weight is 709 g/mol. The van der Waals surface area contributed by atoms with E-state index in [1.807, 2.05) is 90.5 Å². The number of carbonyl (C=O) groups excluding carboxylic acids is 2. The Morgan fingerprint density at radius 2 is 1.63 bits per heavy atom. The molecule has 3 amide bonds. The molecular weight excluding hydrogens is 671 g/mol. The van der Waals surface area contributed by atoms with Gasteiger partial charge in [-0.1, -0.05) is 42.5 Å². The van der Waals surface area contributed by atoms with Crippen molar-refractivity contribution in [2.24, 2.45) is 0 Å². The number of hydrogen-bond acceptors (Lipinski definition) is 7. The largest absolute Gasteiger partial charge is 0.390 e. The Balaban J connectivity index is 1.36. The summed E-state index contributed by atoms with van der Waals surface area (Å²) in [5, 5.41) is 15.9. The number of aromatic nitrogens is 1. The number of benzene rings is 3. The van der Waals surface area contributed by atoms with Gasteiger partial charge >= 0.3 is 6.03 Å². The molecule has 7 rings (SSSR count). The van der Waals surface area contributed by atoms with Crippen LogP contribution in [0.15, 0.2) is 91.0 Å². The zero-order valence-electron chi connectivity index (χ0n) is 28.3. The van der Waals surface area contributed by atoms with Crippen LogP contribution in [0.4, 0.5) is 30.0 Å². The number of pyridine rings is 1. The fourth-order valence-corrected chi connectivity index (χ4v) is 8.12. The lowest BCUT2D eigenvalue weighted by molar-refractivity contribution is 0.0985. The minimum Gasteiger partial charge on any atom is -0.390 e. The van der Waals surface area contributed by atoms with Gasteiger partial charge in [0, 0.05) is 48.0 Å². The van der Waals surface area contributed by atoms with E-state index in [2.05, 4.69) is 20.5 Å². The van der Waals surface area contributed by atoms with Gasteiger partial charge < -0.3 is 25.5 Å². The van der Waals surface area contributed by atoms with Crippen molar-refractivity contribution in [3.63, 3.8) is 0 Å². The monoisotopic (exact) mass is 708 g/mol. The molecule has 2 aliphatic rings. The van der Waals surface area contributed by atoms with E-state index in [0.717, 1.165) is 27.4 Å². The van der Waals surface area contributed by atoms with Gasteiger partial charge in [-0.15, -0.1) is 11.3 Å². The first-order valence-corrected chi connectivity index (χ1v) is 17.7. The van der Waals surface area contributed by atoms with E-state index in [-0.39, 0.29) is 42.7 Å². The maximum absolute atomic E-state index is 15.2. The van der Waals surface area contributed by atoms with Crippen molar-refractivity contribution < 1.29 is 23.5 Å². The molecule has 5 aromatic rings. The van der Waals surface area contributed by atoms with Crippen LogP contribution in [0.1, 0.15) is 46.2 Å². The van der Waals surface area contributed by atoms with Crippen LogP contribution in [0.2, 0.25) is 0 Å².